The number of primary sulfonamides is 1. The first-order valence-corrected chi connectivity index (χ1v) is 7.49. The highest BCUT2D eigenvalue weighted by atomic mass is 32.2. The number of hydrogen-bond donors (Lipinski definition) is 3. The van der Waals surface area contributed by atoms with Crippen LogP contribution < -0.4 is 16.2 Å². The molecular weight excluding hydrogens is 276 g/mol. The van der Waals surface area contributed by atoms with Gasteiger partial charge >= 0.3 is 0 Å². The zero-order valence-corrected chi connectivity index (χ0v) is 11.8. The predicted octanol–water partition coefficient (Wildman–Crippen LogP) is 1.23. The molecule has 0 aliphatic rings. The van der Waals surface area contributed by atoms with Crippen molar-refractivity contribution in [3.63, 3.8) is 0 Å². The predicted molar refractivity (Wildman–Crippen MR) is 78.5 cm³/mol. The molecule has 2 aromatic rings. The van der Waals surface area contributed by atoms with E-state index < -0.39 is 10.0 Å². The van der Waals surface area contributed by atoms with Gasteiger partial charge in [0.1, 0.15) is 0 Å². The number of nitrogens with two attached hydrogens (primary N) is 2. The van der Waals surface area contributed by atoms with Gasteiger partial charge in [-0.05, 0) is 37.3 Å². The van der Waals surface area contributed by atoms with Crippen LogP contribution in [0, 0.1) is 6.92 Å². The van der Waals surface area contributed by atoms with Crippen LogP contribution in [0.15, 0.2) is 41.3 Å². The third-order valence-electron chi connectivity index (χ3n) is 2.68. The number of benzene rings is 1. The second kappa shape index (κ2) is 5.48. The van der Waals surface area contributed by atoms with Gasteiger partial charge in [-0.25, -0.2) is 13.6 Å². The van der Waals surface area contributed by atoms with Gasteiger partial charge in [-0.1, -0.05) is 6.07 Å². The van der Waals surface area contributed by atoms with Crippen LogP contribution in [-0.2, 0) is 16.6 Å². The molecular formula is C13H16N4O2S. The highest BCUT2D eigenvalue weighted by Gasteiger charge is 2.10. The van der Waals surface area contributed by atoms with E-state index in [0.29, 0.717) is 17.9 Å². The molecule has 5 N–H and O–H groups in total. The first-order chi connectivity index (χ1) is 9.34. The van der Waals surface area contributed by atoms with Gasteiger partial charge < -0.3 is 11.1 Å². The quantitative estimate of drug-likeness (QED) is 0.734. The van der Waals surface area contributed by atoms with Gasteiger partial charge in [-0.2, -0.15) is 0 Å². The second-order valence-electron chi connectivity index (χ2n) is 4.46. The van der Waals surface area contributed by atoms with Crippen molar-refractivity contribution in [2.75, 3.05) is 11.1 Å². The lowest BCUT2D eigenvalue weighted by atomic mass is 10.2. The molecule has 0 radical (unpaired) electrons. The summed E-state index contributed by atoms with van der Waals surface area (Å²) in [7, 11) is -3.77. The zero-order chi connectivity index (χ0) is 14.8. The summed E-state index contributed by atoms with van der Waals surface area (Å²) in [6.45, 7) is 2.37. The summed E-state index contributed by atoms with van der Waals surface area (Å²) in [5, 5.41) is 8.18. The summed E-state index contributed by atoms with van der Waals surface area (Å²) in [5.74, 6) is 0. The number of aromatic nitrogens is 1. The highest BCUT2D eigenvalue weighted by molar-refractivity contribution is 7.89. The van der Waals surface area contributed by atoms with Crippen molar-refractivity contribution in [1.29, 1.82) is 0 Å². The van der Waals surface area contributed by atoms with E-state index >= 15 is 0 Å². The Balaban J connectivity index is 2.20. The molecule has 0 atom stereocenters. The molecule has 1 aromatic heterocycles. The van der Waals surface area contributed by atoms with Crippen LogP contribution >= 0.6 is 0 Å². The number of sulfonamides is 1. The molecule has 0 aliphatic heterocycles. The lowest BCUT2D eigenvalue weighted by molar-refractivity contribution is 0.598. The van der Waals surface area contributed by atoms with Crippen LogP contribution in [0.3, 0.4) is 0 Å². The molecule has 0 amide bonds. The maximum Gasteiger partial charge on any atom is 0.238 e. The fourth-order valence-electron chi connectivity index (χ4n) is 1.78. The van der Waals surface area contributed by atoms with Crippen molar-refractivity contribution in [2.45, 2.75) is 18.4 Å². The zero-order valence-electron chi connectivity index (χ0n) is 11.0. The third-order valence-corrected chi connectivity index (χ3v) is 3.57. The Morgan fingerprint density at radius 2 is 2.00 bits per heavy atom. The second-order valence-corrected chi connectivity index (χ2v) is 6.02. The number of hydrogen-bond acceptors (Lipinski definition) is 5. The summed E-state index contributed by atoms with van der Waals surface area (Å²) in [6.07, 6.45) is 0. The van der Waals surface area contributed by atoms with Gasteiger partial charge in [0.2, 0.25) is 10.0 Å². The molecule has 0 unspecified atom stereocenters. The Morgan fingerprint density at radius 3 is 2.65 bits per heavy atom. The molecule has 0 saturated carbocycles. The van der Waals surface area contributed by atoms with Crippen molar-refractivity contribution in [3.05, 3.63) is 47.8 Å². The van der Waals surface area contributed by atoms with E-state index in [1.54, 1.807) is 6.07 Å². The lowest BCUT2D eigenvalue weighted by Crippen LogP contribution is -2.13. The molecule has 0 bridgehead atoms. The molecule has 0 fully saturated rings. The molecule has 1 aromatic carbocycles. The Hall–Kier alpha value is -2.12. The Labute approximate surface area is 117 Å². The molecule has 1 heterocycles. The summed E-state index contributed by atoms with van der Waals surface area (Å²) in [5.41, 5.74) is 8.35. The van der Waals surface area contributed by atoms with Gasteiger partial charge in [0.15, 0.2) is 0 Å². The van der Waals surface area contributed by atoms with Gasteiger partial charge in [-0.3, -0.25) is 4.98 Å². The average Bonchev–Trinajstić information content (AvgIpc) is 2.35. The molecule has 20 heavy (non-hydrogen) atoms. The van der Waals surface area contributed by atoms with E-state index in [1.165, 1.54) is 12.1 Å². The fourth-order valence-corrected chi connectivity index (χ4v) is 2.37. The van der Waals surface area contributed by atoms with E-state index in [2.05, 4.69) is 10.3 Å². The minimum atomic E-state index is -3.77. The summed E-state index contributed by atoms with van der Waals surface area (Å²) in [4.78, 5) is 4.33. The maximum absolute atomic E-state index is 11.3. The largest absolute Gasteiger partial charge is 0.399 e. The van der Waals surface area contributed by atoms with Crippen molar-refractivity contribution in [3.8, 4) is 0 Å². The summed E-state index contributed by atoms with van der Waals surface area (Å²) >= 11 is 0. The normalized spacial score (nSPS) is 11.3. The summed E-state index contributed by atoms with van der Waals surface area (Å²) < 4.78 is 22.7. The lowest BCUT2D eigenvalue weighted by Gasteiger charge is -2.09. The number of rotatable bonds is 4. The first-order valence-electron chi connectivity index (χ1n) is 5.94. The number of nitrogens with zero attached hydrogens (tertiary/aromatic N) is 1. The maximum atomic E-state index is 11.3. The van der Waals surface area contributed by atoms with Crippen molar-refractivity contribution < 1.29 is 8.42 Å². The minimum Gasteiger partial charge on any atom is -0.399 e. The van der Waals surface area contributed by atoms with Crippen LogP contribution in [0.2, 0.25) is 0 Å². The van der Waals surface area contributed by atoms with Gasteiger partial charge in [0, 0.05) is 17.1 Å². The first kappa shape index (κ1) is 14.3. The highest BCUT2D eigenvalue weighted by Crippen LogP contribution is 2.20. The van der Waals surface area contributed by atoms with Gasteiger partial charge in [0.25, 0.3) is 0 Å². The van der Waals surface area contributed by atoms with Crippen LogP contribution in [0.5, 0.6) is 0 Å². The van der Waals surface area contributed by atoms with Crippen LogP contribution in [0.4, 0.5) is 11.4 Å². The standard InChI is InChI=1S/C13H16N4O2S/c1-9-3-2-4-11(17-9)8-16-12-5-10(14)6-13(7-12)20(15,18)19/h2-7,16H,8,14H2,1H3,(H2,15,18,19). The van der Waals surface area contributed by atoms with E-state index in [1.807, 2.05) is 25.1 Å². The number of nitrogen functional groups attached to an aromatic ring is 1. The monoisotopic (exact) mass is 292 g/mol. The molecule has 106 valence electrons. The topological polar surface area (TPSA) is 111 Å². The van der Waals surface area contributed by atoms with Crippen molar-refractivity contribution in [1.82, 2.24) is 4.98 Å². The van der Waals surface area contributed by atoms with Crippen LogP contribution in [-0.4, -0.2) is 13.4 Å². The van der Waals surface area contributed by atoms with E-state index in [0.717, 1.165) is 11.4 Å². The average molecular weight is 292 g/mol. The van der Waals surface area contributed by atoms with Crippen molar-refractivity contribution >= 4 is 21.4 Å². The number of nitrogens with one attached hydrogen (secondary N) is 1. The van der Waals surface area contributed by atoms with Gasteiger partial charge in [-0.15, -0.1) is 0 Å². The smallest absolute Gasteiger partial charge is 0.238 e. The Kier molecular flexibility index (Phi) is 3.91. The number of pyridine rings is 1. The third kappa shape index (κ3) is 3.69. The fraction of sp³-hybridized carbons (Fsp3) is 0.154. The number of aryl methyl sites for hydroxylation is 1. The molecule has 0 aliphatic carbocycles. The summed E-state index contributed by atoms with van der Waals surface area (Å²) in [6, 6.07) is 10.1. The van der Waals surface area contributed by atoms with Gasteiger partial charge in [0.05, 0.1) is 17.1 Å². The molecule has 6 nitrogen and oxygen atoms in total. The Bertz CT molecular complexity index is 729. The SMILES string of the molecule is Cc1cccc(CNc2cc(N)cc(S(N)(=O)=O)c2)n1. The molecule has 0 saturated heterocycles. The molecule has 0 spiro atoms. The van der Waals surface area contributed by atoms with Crippen LogP contribution in [0.1, 0.15) is 11.4 Å². The van der Waals surface area contributed by atoms with Crippen molar-refractivity contribution in [2.24, 2.45) is 5.14 Å². The Morgan fingerprint density at radius 1 is 1.25 bits per heavy atom. The van der Waals surface area contributed by atoms with Crippen LogP contribution in [0.25, 0.3) is 0 Å². The van der Waals surface area contributed by atoms with E-state index in [-0.39, 0.29) is 4.90 Å². The molecule has 2 rings (SSSR count). The number of anilines is 2. The van der Waals surface area contributed by atoms with E-state index in [4.69, 9.17) is 10.9 Å². The minimum absolute atomic E-state index is 0.0165. The van der Waals surface area contributed by atoms with E-state index in [9.17, 15) is 8.42 Å². The molecule has 7 heteroatoms.